The summed E-state index contributed by atoms with van der Waals surface area (Å²) in [6.07, 6.45) is 0.122. The first-order chi connectivity index (χ1) is 9.88. The van der Waals surface area contributed by atoms with Gasteiger partial charge in [-0.05, 0) is 30.5 Å². The van der Waals surface area contributed by atoms with E-state index in [-0.39, 0.29) is 18.2 Å². The maximum atomic E-state index is 13.5. The molecule has 21 heavy (non-hydrogen) atoms. The van der Waals surface area contributed by atoms with Crippen molar-refractivity contribution < 1.29 is 24.2 Å². The Morgan fingerprint density at radius 2 is 2.14 bits per heavy atom. The molecule has 1 saturated heterocycles. The minimum atomic E-state index is -1.36. The fraction of sp³-hybridized carbons (Fsp3) is 0.429. The molecule has 0 bridgehead atoms. The standard InChI is InChI=1S/C14H17FN2O4/c1-8-4-5-17(7-12(8)18)14(21)16-9-2-3-10(13(19)20)11(15)6-9/h2-3,6,8,12,18H,4-5,7H2,1H3,(H,16,21)(H,19,20). The van der Waals surface area contributed by atoms with Crippen LogP contribution in [0.5, 0.6) is 0 Å². The van der Waals surface area contributed by atoms with Gasteiger partial charge in [-0.3, -0.25) is 0 Å². The number of carbonyl (C=O) groups is 2. The normalized spacial score (nSPS) is 22.0. The fourth-order valence-electron chi connectivity index (χ4n) is 2.20. The second kappa shape index (κ2) is 6.09. The van der Waals surface area contributed by atoms with Crippen LogP contribution in [0, 0.1) is 11.7 Å². The molecule has 2 amide bonds. The lowest BCUT2D eigenvalue weighted by Gasteiger charge is -2.34. The lowest BCUT2D eigenvalue weighted by Crippen LogP contribution is -2.47. The number of anilines is 1. The number of urea groups is 1. The van der Waals surface area contributed by atoms with Gasteiger partial charge in [-0.2, -0.15) is 0 Å². The molecule has 0 radical (unpaired) electrons. The van der Waals surface area contributed by atoms with E-state index in [9.17, 15) is 19.1 Å². The topological polar surface area (TPSA) is 89.9 Å². The molecule has 3 N–H and O–H groups in total. The highest BCUT2D eigenvalue weighted by atomic mass is 19.1. The summed E-state index contributed by atoms with van der Waals surface area (Å²) in [5, 5.41) is 21.0. The Balaban J connectivity index is 2.03. The number of nitrogens with one attached hydrogen (secondary N) is 1. The molecule has 0 aromatic heterocycles. The molecule has 0 aliphatic carbocycles. The minimum Gasteiger partial charge on any atom is -0.478 e. The predicted molar refractivity (Wildman–Crippen MR) is 73.7 cm³/mol. The molecule has 6 nitrogen and oxygen atoms in total. The van der Waals surface area contributed by atoms with Crippen molar-refractivity contribution in [3.05, 3.63) is 29.6 Å². The first-order valence-corrected chi connectivity index (χ1v) is 6.65. The number of halogens is 1. The van der Waals surface area contributed by atoms with E-state index in [2.05, 4.69) is 5.32 Å². The van der Waals surface area contributed by atoms with Crippen LogP contribution in [0.3, 0.4) is 0 Å². The Kier molecular flexibility index (Phi) is 4.42. The highest BCUT2D eigenvalue weighted by Crippen LogP contribution is 2.19. The smallest absolute Gasteiger partial charge is 0.338 e. The van der Waals surface area contributed by atoms with E-state index in [4.69, 9.17) is 5.11 Å². The molecule has 0 spiro atoms. The lowest BCUT2D eigenvalue weighted by atomic mass is 9.96. The lowest BCUT2D eigenvalue weighted by molar-refractivity contribution is 0.0463. The largest absolute Gasteiger partial charge is 0.478 e. The van der Waals surface area contributed by atoms with Crippen LogP contribution in [0.15, 0.2) is 18.2 Å². The Morgan fingerprint density at radius 3 is 2.71 bits per heavy atom. The Morgan fingerprint density at radius 1 is 1.43 bits per heavy atom. The molecule has 1 heterocycles. The maximum absolute atomic E-state index is 13.5. The third-order valence-corrected chi connectivity index (χ3v) is 3.66. The van der Waals surface area contributed by atoms with Gasteiger partial charge >= 0.3 is 12.0 Å². The second-order valence-corrected chi connectivity index (χ2v) is 5.21. The van der Waals surface area contributed by atoms with Crippen LogP contribution in [0.25, 0.3) is 0 Å². The molecule has 2 unspecified atom stereocenters. The summed E-state index contributed by atoms with van der Waals surface area (Å²) in [6, 6.07) is 2.95. The molecule has 0 saturated carbocycles. The summed E-state index contributed by atoms with van der Waals surface area (Å²) in [4.78, 5) is 24.2. The molecule has 1 aromatic rings. The molecule has 1 aliphatic rings. The SMILES string of the molecule is CC1CCN(C(=O)Nc2ccc(C(=O)O)c(F)c2)CC1O. The first-order valence-electron chi connectivity index (χ1n) is 6.65. The van der Waals surface area contributed by atoms with Crippen molar-refractivity contribution in [2.45, 2.75) is 19.4 Å². The van der Waals surface area contributed by atoms with Gasteiger partial charge < -0.3 is 20.4 Å². The van der Waals surface area contributed by atoms with Crippen molar-refractivity contribution in [3.8, 4) is 0 Å². The van der Waals surface area contributed by atoms with Gasteiger partial charge in [-0.25, -0.2) is 14.0 Å². The van der Waals surface area contributed by atoms with Gasteiger partial charge in [0.05, 0.1) is 11.7 Å². The number of aromatic carboxylic acids is 1. The van der Waals surface area contributed by atoms with Gasteiger partial charge in [-0.1, -0.05) is 6.92 Å². The zero-order valence-electron chi connectivity index (χ0n) is 11.5. The average molecular weight is 296 g/mol. The van der Waals surface area contributed by atoms with Gasteiger partial charge in [0.1, 0.15) is 5.82 Å². The number of carboxylic acids is 1. The number of β-amino-alcohol motifs (C(OH)–C–C–N with tert-alkyl or cyclic N) is 1. The number of hydrogen-bond acceptors (Lipinski definition) is 3. The summed E-state index contributed by atoms with van der Waals surface area (Å²) in [7, 11) is 0. The maximum Gasteiger partial charge on any atom is 0.338 e. The Labute approximate surface area is 121 Å². The van der Waals surface area contributed by atoms with Crippen LogP contribution >= 0.6 is 0 Å². The number of benzene rings is 1. The number of rotatable bonds is 2. The Hall–Kier alpha value is -2.15. The van der Waals surface area contributed by atoms with E-state index in [0.717, 1.165) is 12.1 Å². The van der Waals surface area contributed by atoms with E-state index >= 15 is 0 Å². The van der Waals surface area contributed by atoms with Crippen molar-refractivity contribution in [2.75, 3.05) is 18.4 Å². The molecule has 2 rings (SSSR count). The summed E-state index contributed by atoms with van der Waals surface area (Å²) in [5.41, 5.74) is -0.272. The first kappa shape index (κ1) is 15.2. The van der Waals surface area contributed by atoms with Crippen molar-refractivity contribution in [2.24, 2.45) is 5.92 Å². The van der Waals surface area contributed by atoms with Crippen molar-refractivity contribution in [1.29, 1.82) is 0 Å². The molecule has 1 aromatic carbocycles. The zero-order chi connectivity index (χ0) is 15.6. The number of carboxylic acid groups (broad SMARTS) is 1. The van der Waals surface area contributed by atoms with Crippen molar-refractivity contribution in [1.82, 2.24) is 4.90 Å². The molecule has 2 atom stereocenters. The monoisotopic (exact) mass is 296 g/mol. The van der Waals surface area contributed by atoms with Crippen LogP contribution < -0.4 is 5.32 Å². The van der Waals surface area contributed by atoms with E-state index in [0.29, 0.717) is 13.0 Å². The quantitative estimate of drug-likeness (QED) is 0.775. The van der Waals surface area contributed by atoms with E-state index in [1.807, 2.05) is 6.92 Å². The second-order valence-electron chi connectivity index (χ2n) is 5.21. The molecular weight excluding hydrogens is 279 g/mol. The number of piperidine rings is 1. The number of amides is 2. The zero-order valence-corrected chi connectivity index (χ0v) is 11.5. The summed E-state index contributed by atoms with van der Waals surface area (Å²) >= 11 is 0. The van der Waals surface area contributed by atoms with Gasteiger partial charge in [0, 0.05) is 18.8 Å². The van der Waals surface area contributed by atoms with Crippen LogP contribution in [-0.4, -0.2) is 46.3 Å². The summed E-state index contributed by atoms with van der Waals surface area (Å²) in [6.45, 7) is 2.66. The van der Waals surface area contributed by atoms with E-state index in [1.54, 1.807) is 0 Å². The number of carbonyl (C=O) groups excluding carboxylic acids is 1. The number of hydrogen-bond donors (Lipinski definition) is 3. The summed E-state index contributed by atoms with van der Waals surface area (Å²) in [5.74, 6) is -2.13. The highest BCUT2D eigenvalue weighted by molar-refractivity contribution is 5.91. The third-order valence-electron chi connectivity index (χ3n) is 3.66. The molecule has 114 valence electrons. The Bertz CT molecular complexity index is 564. The molecule has 1 fully saturated rings. The molecule has 1 aliphatic heterocycles. The average Bonchev–Trinajstić information content (AvgIpc) is 2.41. The van der Waals surface area contributed by atoms with Gasteiger partial charge in [-0.15, -0.1) is 0 Å². The molecule has 7 heteroatoms. The van der Waals surface area contributed by atoms with Crippen LogP contribution in [0.1, 0.15) is 23.7 Å². The van der Waals surface area contributed by atoms with Crippen LogP contribution in [0.2, 0.25) is 0 Å². The predicted octanol–water partition coefficient (Wildman–Crippen LogP) is 1.76. The van der Waals surface area contributed by atoms with Crippen LogP contribution in [-0.2, 0) is 0 Å². The minimum absolute atomic E-state index is 0.140. The number of likely N-dealkylation sites (tertiary alicyclic amines) is 1. The van der Waals surface area contributed by atoms with E-state index < -0.39 is 29.5 Å². The van der Waals surface area contributed by atoms with Crippen LogP contribution in [0.4, 0.5) is 14.9 Å². The van der Waals surface area contributed by atoms with Gasteiger partial charge in [0.2, 0.25) is 0 Å². The van der Waals surface area contributed by atoms with Gasteiger partial charge in [0.25, 0.3) is 0 Å². The summed E-state index contributed by atoms with van der Waals surface area (Å²) < 4.78 is 13.5. The highest BCUT2D eigenvalue weighted by Gasteiger charge is 2.27. The third kappa shape index (κ3) is 3.49. The van der Waals surface area contributed by atoms with E-state index in [1.165, 1.54) is 11.0 Å². The van der Waals surface area contributed by atoms with Crippen molar-refractivity contribution in [3.63, 3.8) is 0 Å². The van der Waals surface area contributed by atoms with Gasteiger partial charge in [0.15, 0.2) is 0 Å². The number of aliphatic hydroxyl groups is 1. The fourth-order valence-corrected chi connectivity index (χ4v) is 2.20. The molecular formula is C14H17FN2O4. The number of aliphatic hydroxyl groups excluding tert-OH is 1. The number of nitrogens with zero attached hydrogens (tertiary/aromatic N) is 1. The van der Waals surface area contributed by atoms with Crippen molar-refractivity contribution >= 4 is 17.7 Å².